The first kappa shape index (κ1) is 13.6. The summed E-state index contributed by atoms with van der Waals surface area (Å²) in [6, 6.07) is 5.47. The summed E-state index contributed by atoms with van der Waals surface area (Å²) >= 11 is 0. The zero-order chi connectivity index (χ0) is 12.7. The van der Waals surface area contributed by atoms with Crippen molar-refractivity contribution in [2.45, 2.75) is 32.0 Å². The van der Waals surface area contributed by atoms with E-state index in [1.54, 1.807) is 19.2 Å². The van der Waals surface area contributed by atoms with Gasteiger partial charge in [-0.25, -0.2) is 4.79 Å². The molecule has 0 aromatic carbocycles. The molecule has 5 heteroatoms. The van der Waals surface area contributed by atoms with Crippen LogP contribution in [0.1, 0.15) is 19.0 Å². The molecule has 0 saturated heterocycles. The van der Waals surface area contributed by atoms with Crippen LogP contribution in [0.25, 0.3) is 0 Å². The van der Waals surface area contributed by atoms with Gasteiger partial charge >= 0.3 is 5.97 Å². The number of hydrogen-bond acceptors (Lipinski definition) is 5. The fourth-order valence-corrected chi connectivity index (χ4v) is 1.38. The Morgan fingerprint density at radius 3 is 2.82 bits per heavy atom. The third kappa shape index (κ3) is 4.50. The molecule has 1 aromatic rings. The molecule has 0 radical (unpaired) electrons. The Morgan fingerprint density at radius 1 is 1.47 bits per heavy atom. The first-order chi connectivity index (χ1) is 8.15. The summed E-state index contributed by atoms with van der Waals surface area (Å²) < 4.78 is 4.61. The van der Waals surface area contributed by atoms with E-state index in [1.165, 1.54) is 0 Å². The monoisotopic (exact) mass is 239 g/mol. The lowest BCUT2D eigenvalue weighted by atomic mass is 10.1. The fourth-order valence-electron chi connectivity index (χ4n) is 1.38. The summed E-state index contributed by atoms with van der Waals surface area (Å²) in [5.41, 5.74) is 0.808. The number of carbonyl (C=O) groups excluding carboxylic acids is 1. The van der Waals surface area contributed by atoms with Crippen LogP contribution < -0.4 is 0 Å². The molecule has 1 rings (SSSR count). The number of pyridine rings is 1. The topological polar surface area (TPSA) is 79.7 Å². The lowest BCUT2D eigenvalue weighted by Gasteiger charge is -2.15. The molecule has 2 N–H and O–H groups in total. The van der Waals surface area contributed by atoms with Crippen LogP contribution in [0.15, 0.2) is 24.4 Å². The van der Waals surface area contributed by atoms with Crippen molar-refractivity contribution >= 4 is 5.97 Å². The van der Waals surface area contributed by atoms with Crippen LogP contribution in [0.4, 0.5) is 0 Å². The zero-order valence-corrected chi connectivity index (χ0v) is 9.74. The Hall–Kier alpha value is -1.46. The lowest BCUT2D eigenvalue weighted by Crippen LogP contribution is -2.35. The van der Waals surface area contributed by atoms with Gasteiger partial charge in [-0.05, 0) is 31.9 Å². The lowest BCUT2D eigenvalue weighted by molar-refractivity contribution is -0.159. The number of hydrogen-bond donors (Lipinski definition) is 2. The normalized spacial score (nSPS) is 14.1. The minimum Gasteiger partial charge on any atom is -0.464 e. The molecule has 0 unspecified atom stereocenters. The maximum atomic E-state index is 11.1. The smallest absolute Gasteiger partial charge is 0.337 e. The second kappa shape index (κ2) is 6.98. The first-order valence-electron chi connectivity index (χ1n) is 5.57. The highest BCUT2D eigenvalue weighted by Gasteiger charge is 2.25. The number of ether oxygens (including phenoxy) is 1. The molecule has 1 heterocycles. The number of aliphatic hydroxyl groups excluding tert-OH is 2. The van der Waals surface area contributed by atoms with Crippen LogP contribution in [0.5, 0.6) is 0 Å². The molecule has 1 aromatic heterocycles. The molecule has 0 aliphatic rings. The van der Waals surface area contributed by atoms with Gasteiger partial charge in [0.05, 0.1) is 12.7 Å². The van der Waals surface area contributed by atoms with Crippen molar-refractivity contribution in [3.63, 3.8) is 0 Å². The number of aryl methyl sites for hydroxylation is 1. The Bertz CT molecular complexity index is 342. The summed E-state index contributed by atoms with van der Waals surface area (Å²) in [7, 11) is 0. The minimum atomic E-state index is -1.49. The molecule has 17 heavy (non-hydrogen) atoms. The zero-order valence-electron chi connectivity index (χ0n) is 9.74. The second-order valence-corrected chi connectivity index (χ2v) is 3.62. The van der Waals surface area contributed by atoms with E-state index in [0.29, 0.717) is 6.42 Å². The van der Waals surface area contributed by atoms with Gasteiger partial charge in [-0.15, -0.1) is 0 Å². The molecule has 0 aliphatic heterocycles. The molecule has 0 aliphatic carbocycles. The van der Waals surface area contributed by atoms with E-state index < -0.39 is 18.2 Å². The van der Waals surface area contributed by atoms with Gasteiger partial charge in [0.2, 0.25) is 0 Å². The van der Waals surface area contributed by atoms with Crippen LogP contribution in [0.2, 0.25) is 0 Å². The highest BCUT2D eigenvalue weighted by molar-refractivity contribution is 5.75. The van der Waals surface area contributed by atoms with E-state index in [9.17, 15) is 15.0 Å². The van der Waals surface area contributed by atoms with E-state index in [-0.39, 0.29) is 13.0 Å². The maximum Gasteiger partial charge on any atom is 0.337 e. The molecule has 2 atom stereocenters. The summed E-state index contributed by atoms with van der Waals surface area (Å²) in [6.07, 6.45) is -0.200. The predicted octanol–water partition coefficient (Wildman–Crippen LogP) is 0.299. The van der Waals surface area contributed by atoms with Crippen LogP contribution >= 0.6 is 0 Å². The fraction of sp³-hybridized carbons (Fsp3) is 0.500. The van der Waals surface area contributed by atoms with Crippen molar-refractivity contribution in [1.82, 2.24) is 4.98 Å². The number of carbonyl (C=O) groups is 1. The van der Waals surface area contributed by atoms with Crippen molar-refractivity contribution in [2.75, 3.05) is 6.61 Å². The van der Waals surface area contributed by atoms with E-state index in [2.05, 4.69) is 9.72 Å². The first-order valence-corrected chi connectivity index (χ1v) is 5.57. The van der Waals surface area contributed by atoms with Crippen molar-refractivity contribution in [1.29, 1.82) is 0 Å². The Labute approximate surface area is 100 Å². The summed E-state index contributed by atoms with van der Waals surface area (Å²) in [6.45, 7) is 1.83. The van der Waals surface area contributed by atoms with Gasteiger partial charge in [0, 0.05) is 11.9 Å². The SMILES string of the molecule is CCOC(=O)[C@@H](O)[C@H](O)CCc1ccccn1. The molecule has 5 nitrogen and oxygen atoms in total. The molecule has 0 bridgehead atoms. The number of nitrogens with zero attached hydrogens (tertiary/aromatic N) is 1. The third-order valence-corrected chi connectivity index (χ3v) is 2.31. The van der Waals surface area contributed by atoms with E-state index in [0.717, 1.165) is 5.69 Å². The van der Waals surface area contributed by atoms with Crippen LogP contribution in [-0.4, -0.2) is 40.0 Å². The van der Waals surface area contributed by atoms with Gasteiger partial charge in [-0.2, -0.15) is 0 Å². The van der Waals surface area contributed by atoms with Crippen molar-refractivity contribution in [3.05, 3.63) is 30.1 Å². The Kier molecular flexibility index (Phi) is 5.59. The predicted molar refractivity (Wildman–Crippen MR) is 61.2 cm³/mol. The van der Waals surface area contributed by atoms with Crippen LogP contribution in [0.3, 0.4) is 0 Å². The average Bonchev–Trinajstić information content (AvgIpc) is 2.36. The quantitative estimate of drug-likeness (QED) is 0.698. The Balaban J connectivity index is 2.39. The minimum absolute atomic E-state index is 0.183. The molecular formula is C12H17NO4. The van der Waals surface area contributed by atoms with Crippen LogP contribution in [0, 0.1) is 0 Å². The number of esters is 1. The summed E-state index contributed by atoms with van der Waals surface area (Å²) in [5, 5.41) is 19.0. The number of aromatic nitrogens is 1. The molecular weight excluding hydrogens is 222 g/mol. The summed E-state index contributed by atoms with van der Waals surface area (Å²) in [4.78, 5) is 15.2. The third-order valence-electron chi connectivity index (χ3n) is 2.31. The van der Waals surface area contributed by atoms with E-state index in [1.807, 2.05) is 12.1 Å². The van der Waals surface area contributed by atoms with Gasteiger partial charge in [-0.1, -0.05) is 6.07 Å². The molecule has 0 amide bonds. The van der Waals surface area contributed by atoms with Crippen LogP contribution in [-0.2, 0) is 16.0 Å². The largest absolute Gasteiger partial charge is 0.464 e. The standard InChI is InChI=1S/C12H17NO4/c1-2-17-12(16)11(15)10(14)7-6-9-5-3-4-8-13-9/h3-5,8,10-11,14-15H,2,6-7H2,1H3/t10-,11+/m1/s1. The average molecular weight is 239 g/mol. The highest BCUT2D eigenvalue weighted by atomic mass is 16.5. The molecule has 0 spiro atoms. The van der Waals surface area contributed by atoms with Gasteiger partial charge in [0.25, 0.3) is 0 Å². The van der Waals surface area contributed by atoms with Gasteiger partial charge < -0.3 is 14.9 Å². The molecule has 0 fully saturated rings. The van der Waals surface area contributed by atoms with Crippen molar-refractivity contribution in [2.24, 2.45) is 0 Å². The van der Waals surface area contributed by atoms with Crippen molar-refractivity contribution < 1.29 is 19.7 Å². The van der Waals surface area contributed by atoms with E-state index >= 15 is 0 Å². The van der Waals surface area contributed by atoms with Gasteiger partial charge in [0.15, 0.2) is 6.10 Å². The van der Waals surface area contributed by atoms with Crippen molar-refractivity contribution in [3.8, 4) is 0 Å². The number of rotatable bonds is 6. The molecule has 0 saturated carbocycles. The Morgan fingerprint density at radius 2 is 2.24 bits per heavy atom. The maximum absolute atomic E-state index is 11.1. The van der Waals surface area contributed by atoms with Gasteiger partial charge in [-0.3, -0.25) is 4.98 Å². The van der Waals surface area contributed by atoms with Gasteiger partial charge in [0.1, 0.15) is 0 Å². The highest BCUT2D eigenvalue weighted by Crippen LogP contribution is 2.06. The van der Waals surface area contributed by atoms with E-state index in [4.69, 9.17) is 0 Å². The summed E-state index contributed by atoms with van der Waals surface area (Å²) in [5.74, 6) is -0.791. The molecule has 94 valence electrons. The second-order valence-electron chi connectivity index (χ2n) is 3.62. The number of aliphatic hydroxyl groups is 2.